The van der Waals surface area contributed by atoms with Gasteiger partial charge in [0, 0.05) is 32.5 Å². The SMILES string of the molecule is CC(C)c1cc(-c2[c-]cccc2)ncc1[Si](C)(C)C.Fc1ccc(-c2ccccc2)c2c1sc1c(-c3cc(C4CCCCC4)ccn3)[c-]ccc12.[Ir]. The fourth-order valence-corrected chi connectivity index (χ4v) is 10.3. The third kappa shape index (κ3) is 8.06. The number of thiophene rings is 1. The van der Waals surface area contributed by atoms with Gasteiger partial charge < -0.3 is 9.97 Å². The van der Waals surface area contributed by atoms with Crippen molar-refractivity contribution >= 4 is 44.8 Å². The van der Waals surface area contributed by atoms with Crippen LogP contribution in [0.25, 0.3) is 53.8 Å². The van der Waals surface area contributed by atoms with Crippen LogP contribution in [0.5, 0.6) is 0 Å². The van der Waals surface area contributed by atoms with Crippen LogP contribution < -0.4 is 5.19 Å². The Bertz CT molecular complexity index is 2270. The molecule has 2 nitrogen and oxygen atoms in total. The van der Waals surface area contributed by atoms with Crippen LogP contribution in [0.3, 0.4) is 0 Å². The summed E-state index contributed by atoms with van der Waals surface area (Å²) in [6, 6.07) is 39.1. The van der Waals surface area contributed by atoms with Crippen molar-refractivity contribution < 1.29 is 24.5 Å². The molecule has 0 bridgehead atoms. The van der Waals surface area contributed by atoms with E-state index < -0.39 is 8.07 Å². The number of aromatic nitrogens is 2. The van der Waals surface area contributed by atoms with Gasteiger partial charge in [-0.25, -0.2) is 4.39 Å². The summed E-state index contributed by atoms with van der Waals surface area (Å²) >= 11 is 1.51. The summed E-state index contributed by atoms with van der Waals surface area (Å²) in [5.74, 6) is 0.983. The summed E-state index contributed by atoms with van der Waals surface area (Å²) in [4.78, 5) is 9.37. The molecule has 1 aliphatic carbocycles. The molecule has 0 spiro atoms. The van der Waals surface area contributed by atoms with Gasteiger partial charge in [-0.1, -0.05) is 118 Å². The topological polar surface area (TPSA) is 25.8 Å². The Morgan fingerprint density at radius 1 is 0.788 bits per heavy atom. The number of pyridine rings is 2. The molecule has 6 heteroatoms. The van der Waals surface area contributed by atoms with E-state index in [1.54, 1.807) is 6.07 Å². The van der Waals surface area contributed by atoms with Crippen molar-refractivity contribution in [1.82, 2.24) is 9.97 Å². The maximum absolute atomic E-state index is 14.9. The number of hydrogen-bond donors (Lipinski definition) is 0. The van der Waals surface area contributed by atoms with Crippen molar-refractivity contribution in [3.05, 3.63) is 139 Å². The summed E-state index contributed by atoms with van der Waals surface area (Å²) in [7, 11) is -1.34. The molecule has 267 valence electrons. The molecular weight excluding hydrogens is 852 g/mol. The second-order valence-electron chi connectivity index (χ2n) is 15.0. The monoisotopic (exact) mass is 897 g/mol. The Morgan fingerprint density at radius 3 is 2.27 bits per heavy atom. The number of benzene rings is 4. The normalized spacial score (nSPS) is 13.5. The van der Waals surface area contributed by atoms with Crippen LogP contribution in [0.15, 0.2) is 109 Å². The van der Waals surface area contributed by atoms with Gasteiger partial charge in [-0.05, 0) is 74.6 Å². The Balaban J connectivity index is 0.000000200. The van der Waals surface area contributed by atoms with Gasteiger partial charge in [-0.2, -0.15) is 11.3 Å². The number of halogens is 1. The van der Waals surface area contributed by atoms with Gasteiger partial charge in [-0.15, -0.1) is 59.7 Å². The molecule has 4 aromatic carbocycles. The molecule has 3 heterocycles. The summed E-state index contributed by atoms with van der Waals surface area (Å²) in [5, 5.41) is 3.53. The first kappa shape index (κ1) is 37.9. The second kappa shape index (κ2) is 16.5. The molecule has 1 radical (unpaired) electrons. The minimum absolute atomic E-state index is 0. The van der Waals surface area contributed by atoms with E-state index in [4.69, 9.17) is 4.98 Å². The van der Waals surface area contributed by atoms with Crippen LogP contribution in [-0.2, 0) is 20.1 Å². The third-order valence-electron chi connectivity index (χ3n) is 10.1. The summed E-state index contributed by atoms with van der Waals surface area (Å²) in [5.41, 5.74) is 9.00. The van der Waals surface area contributed by atoms with Crippen LogP contribution >= 0.6 is 11.3 Å². The fraction of sp³-hybridized carbons (Fsp3) is 0.261. The average Bonchev–Trinajstić information content (AvgIpc) is 3.57. The Kier molecular flexibility index (Phi) is 12.0. The number of hydrogen-bond acceptors (Lipinski definition) is 3. The van der Waals surface area contributed by atoms with E-state index >= 15 is 0 Å². The molecule has 0 amide bonds. The van der Waals surface area contributed by atoms with Gasteiger partial charge in [0.1, 0.15) is 5.82 Å². The van der Waals surface area contributed by atoms with Crippen LogP contribution in [-0.4, -0.2) is 18.0 Å². The molecule has 3 aromatic heterocycles. The minimum atomic E-state index is -1.34. The van der Waals surface area contributed by atoms with Gasteiger partial charge in [0.15, 0.2) is 0 Å². The van der Waals surface area contributed by atoms with E-state index in [1.807, 2.05) is 54.7 Å². The summed E-state index contributed by atoms with van der Waals surface area (Å²) in [6.07, 6.45) is 10.5. The fourth-order valence-electron chi connectivity index (χ4n) is 7.41. The quantitative estimate of drug-likeness (QED) is 0.123. The van der Waals surface area contributed by atoms with E-state index in [9.17, 15) is 4.39 Å². The molecule has 1 aliphatic rings. The van der Waals surface area contributed by atoms with E-state index in [-0.39, 0.29) is 25.9 Å². The number of nitrogens with zero attached hydrogens (tertiary/aromatic N) is 2. The summed E-state index contributed by atoms with van der Waals surface area (Å²) < 4.78 is 16.7. The molecule has 0 aliphatic heterocycles. The van der Waals surface area contributed by atoms with Crippen molar-refractivity contribution in [2.24, 2.45) is 0 Å². The van der Waals surface area contributed by atoms with Crippen LogP contribution in [0, 0.1) is 17.9 Å². The predicted octanol–water partition coefficient (Wildman–Crippen LogP) is 13.0. The van der Waals surface area contributed by atoms with Gasteiger partial charge in [-0.3, -0.25) is 0 Å². The maximum Gasteiger partial charge on any atom is 0.140 e. The largest absolute Gasteiger partial charge is 0.305 e. The first-order valence-electron chi connectivity index (χ1n) is 18.2. The zero-order valence-electron chi connectivity index (χ0n) is 30.6. The smallest absolute Gasteiger partial charge is 0.140 e. The van der Waals surface area contributed by atoms with Crippen molar-refractivity contribution in [3.63, 3.8) is 0 Å². The van der Waals surface area contributed by atoms with Crippen molar-refractivity contribution in [2.45, 2.75) is 77.4 Å². The Hall–Kier alpha value is -3.80. The first-order chi connectivity index (χ1) is 24.7. The number of fused-ring (bicyclic) bond motifs is 3. The third-order valence-corrected chi connectivity index (χ3v) is 13.4. The minimum Gasteiger partial charge on any atom is -0.305 e. The molecular formula is C46H45FIrN2SSi-2. The zero-order chi connectivity index (χ0) is 35.5. The Labute approximate surface area is 327 Å². The molecule has 52 heavy (non-hydrogen) atoms. The average molecular weight is 897 g/mol. The molecule has 7 aromatic rings. The molecule has 1 saturated carbocycles. The predicted molar refractivity (Wildman–Crippen MR) is 218 cm³/mol. The van der Waals surface area contributed by atoms with Crippen LogP contribution in [0.4, 0.5) is 4.39 Å². The van der Waals surface area contributed by atoms with E-state index in [0.29, 0.717) is 16.5 Å². The van der Waals surface area contributed by atoms with Gasteiger partial charge in [0.05, 0.1) is 12.8 Å². The van der Waals surface area contributed by atoms with Gasteiger partial charge in [0.2, 0.25) is 0 Å². The van der Waals surface area contributed by atoms with Crippen molar-refractivity contribution in [3.8, 4) is 33.6 Å². The van der Waals surface area contributed by atoms with E-state index in [2.05, 4.69) is 99.3 Å². The van der Waals surface area contributed by atoms with E-state index in [1.165, 1.54) is 59.8 Å². The van der Waals surface area contributed by atoms with Crippen LogP contribution in [0.1, 0.15) is 68.9 Å². The Morgan fingerprint density at radius 2 is 1.56 bits per heavy atom. The molecule has 1 fully saturated rings. The number of rotatable bonds is 6. The first-order valence-corrected chi connectivity index (χ1v) is 22.6. The molecule has 0 atom stereocenters. The van der Waals surface area contributed by atoms with Gasteiger partial charge >= 0.3 is 0 Å². The standard InChI is InChI=1S/C29H23FNS.C17H22NSi.Ir/c30-25-15-14-22(20-10-5-2-6-11-20)27-24-13-7-12-23(28(24)32-29(25)27)26-18-21(16-17-31-26)19-8-3-1-4-9-19;1-13(2)15-11-16(14-9-7-6-8-10-14)18-12-17(15)19(3,4)5;/h2,5-7,10-11,13-19H,1,3-4,8-9H2;6-9,11-13H,1-5H3;/q2*-1;. The van der Waals surface area contributed by atoms with Gasteiger partial charge in [0.25, 0.3) is 0 Å². The molecule has 8 rings (SSSR count). The summed E-state index contributed by atoms with van der Waals surface area (Å²) in [6.45, 7) is 11.7. The van der Waals surface area contributed by atoms with Crippen molar-refractivity contribution in [2.75, 3.05) is 0 Å². The molecule has 0 unspecified atom stereocenters. The van der Waals surface area contributed by atoms with E-state index in [0.717, 1.165) is 49.1 Å². The maximum atomic E-state index is 14.9. The van der Waals surface area contributed by atoms with Crippen molar-refractivity contribution in [1.29, 1.82) is 0 Å². The molecule has 0 N–H and O–H groups in total. The van der Waals surface area contributed by atoms with Crippen LogP contribution in [0.2, 0.25) is 19.6 Å². The zero-order valence-corrected chi connectivity index (χ0v) is 34.8. The molecule has 0 saturated heterocycles. The second-order valence-corrected chi connectivity index (χ2v) is 21.1.